The van der Waals surface area contributed by atoms with Gasteiger partial charge in [-0.1, -0.05) is 36.4 Å². The van der Waals surface area contributed by atoms with E-state index in [1.165, 1.54) is 17.2 Å². The van der Waals surface area contributed by atoms with Crippen LogP contribution in [0.15, 0.2) is 54.6 Å². The molecule has 1 aromatic heterocycles. The second-order valence-electron chi connectivity index (χ2n) is 8.06. The fourth-order valence-corrected chi connectivity index (χ4v) is 4.30. The summed E-state index contributed by atoms with van der Waals surface area (Å²) in [6, 6.07) is 17.2. The SMILES string of the molecule is Cc1ccccc1Cn1c(C)cc(C)c1C(=O)N1CCN(c2ccccc2F)CC1. The highest BCUT2D eigenvalue weighted by Gasteiger charge is 2.27. The highest BCUT2D eigenvalue weighted by Crippen LogP contribution is 2.23. The molecule has 0 atom stereocenters. The summed E-state index contributed by atoms with van der Waals surface area (Å²) in [5.41, 5.74) is 5.90. The molecule has 1 fully saturated rings. The molecule has 0 bridgehead atoms. The second-order valence-corrected chi connectivity index (χ2v) is 8.06. The zero-order chi connectivity index (χ0) is 21.3. The quantitative estimate of drug-likeness (QED) is 0.636. The van der Waals surface area contributed by atoms with Crippen LogP contribution >= 0.6 is 0 Å². The number of benzene rings is 2. The largest absolute Gasteiger partial charge is 0.366 e. The first-order valence-electron chi connectivity index (χ1n) is 10.5. The van der Waals surface area contributed by atoms with Gasteiger partial charge in [0.15, 0.2) is 0 Å². The summed E-state index contributed by atoms with van der Waals surface area (Å²) in [5.74, 6) is -0.154. The molecule has 2 aromatic carbocycles. The van der Waals surface area contributed by atoms with Gasteiger partial charge < -0.3 is 14.4 Å². The number of para-hydroxylation sites is 1. The van der Waals surface area contributed by atoms with E-state index in [1.807, 2.05) is 34.9 Å². The third-order valence-corrected chi connectivity index (χ3v) is 6.05. The maximum absolute atomic E-state index is 14.1. The summed E-state index contributed by atoms with van der Waals surface area (Å²) < 4.78 is 16.2. The molecule has 0 unspecified atom stereocenters. The number of carbonyl (C=O) groups excluding carboxylic acids is 1. The van der Waals surface area contributed by atoms with E-state index in [1.54, 1.807) is 12.1 Å². The van der Waals surface area contributed by atoms with Crippen molar-refractivity contribution < 1.29 is 9.18 Å². The molecule has 0 saturated carbocycles. The van der Waals surface area contributed by atoms with Gasteiger partial charge in [0.05, 0.1) is 5.69 Å². The van der Waals surface area contributed by atoms with Gasteiger partial charge in [0.2, 0.25) is 0 Å². The predicted molar refractivity (Wildman–Crippen MR) is 119 cm³/mol. The number of nitrogens with zero attached hydrogens (tertiary/aromatic N) is 3. The molecule has 0 spiro atoms. The van der Waals surface area contributed by atoms with Crippen LogP contribution in [0.1, 0.15) is 32.9 Å². The molecule has 2 heterocycles. The highest BCUT2D eigenvalue weighted by atomic mass is 19.1. The lowest BCUT2D eigenvalue weighted by atomic mass is 10.1. The maximum Gasteiger partial charge on any atom is 0.270 e. The van der Waals surface area contributed by atoms with Gasteiger partial charge in [0.25, 0.3) is 5.91 Å². The van der Waals surface area contributed by atoms with E-state index in [9.17, 15) is 9.18 Å². The molecule has 3 aromatic rings. The van der Waals surface area contributed by atoms with Crippen LogP contribution in [0.5, 0.6) is 0 Å². The van der Waals surface area contributed by atoms with Crippen LogP contribution in [0, 0.1) is 26.6 Å². The number of aromatic nitrogens is 1. The van der Waals surface area contributed by atoms with Crippen LogP contribution in [0.25, 0.3) is 0 Å². The Morgan fingerprint density at radius 1 is 0.900 bits per heavy atom. The monoisotopic (exact) mass is 405 g/mol. The average Bonchev–Trinajstić information content (AvgIpc) is 3.02. The van der Waals surface area contributed by atoms with Crippen molar-refractivity contribution in [3.8, 4) is 0 Å². The molecular weight excluding hydrogens is 377 g/mol. The number of aryl methyl sites for hydroxylation is 3. The summed E-state index contributed by atoms with van der Waals surface area (Å²) in [7, 11) is 0. The van der Waals surface area contributed by atoms with Crippen molar-refractivity contribution in [1.29, 1.82) is 0 Å². The molecule has 0 radical (unpaired) electrons. The Hall–Kier alpha value is -3.08. The standard InChI is InChI=1S/C25H28FN3O/c1-18-8-4-5-9-21(18)17-29-20(3)16-19(2)24(29)25(30)28-14-12-27(13-15-28)23-11-7-6-10-22(23)26/h4-11,16H,12-15,17H2,1-3H3. The van der Waals surface area contributed by atoms with Crippen molar-refractivity contribution in [2.75, 3.05) is 31.1 Å². The molecule has 156 valence electrons. The molecule has 5 heteroatoms. The first-order chi connectivity index (χ1) is 14.5. The molecule has 4 rings (SSSR count). The number of carbonyl (C=O) groups is 1. The molecule has 1 aliphatic rings. The highest BCUT2D eigenvalue weighted by molar-refractivity contribution is 5.94. The molecule has 30 heavy (non-hydrogen) atoms. The lowest BCUT2D eigenvalue weighted by Crippen LogP contribution is -2.49. The summed E-state index contributed by atoms with van der Waals surface area (Å²) in [6.45, 7) is 9.27. The van der Waals surface area contributed by atoms with Gasteiger partial charge in [-0.15, -0.1) is 0 Å². The summed E-state index contributed by atoms with van der Waals surface area (Å²) >= 11 is 0. The van der Waals surface area contributed by atoms with Gasteiger partial charge in [-0.3, -0.25) is 4.79 Å². The molecule has 4 nitrogen and oxygen atoms in total. The van der Waals surface area contributed by atoms with Crippen LogP contribution < -0.4 is 4.90 Å². The number of hydrogen-bond donors (Lipinski definition) is 0. The summed E-state index contributed by atoms with van der Waals surface area (Å²) in [4.78, 5) is 17.4. The Kier molecular flexibility index (Phi) is 5.62. The topological polar surface area (TPSA) is 28.5 Å². The van der Waals surface area contributed by atoms with Crippen molar-refractivity contribution in [3.05, 3.63) is 88.5 Å². The Morgan fingerprint density at radius 2 is 1.57 bits per heavy atom. The van der Waals surface area contributed by atoms with E-state index in [-0.39, 0.29) is 11.7 Å². The van der Waals surface area contributed by atoms with Gasteiger partial charge in [-0.25, -0.2) is 4.39 Å². The molecular formula is C25H28FN3O. The van der Waals surface area contributed by atoms with Crippen LogP contribution in [0.3, 0.4) is 0 Å². The summed E-state index contributed by atoms with van der Waals surface area (Å²) in [5, 5.41) is 0. The first kappa shape index (κ1) is 20.2. The van der Waals surface area contributed by atoms with Crippen LogP contribution in [0.2, 0.25) is 0 Å². The van der Waals surface area contributed by atoms with E-state index in [4.69, 9.17) is 0 Å². The second kappa shape index (κ2) is 8.34. The fourth-order valence-electron chi connectivity index (χ4n) is 4.30. The Labute approximate surface area is 177 Å². The number of hydrogen-bond acceptors (Lipinski definition) is 2. The van der Waals surface area contributed by atoms with Crippen molar-refractivity contribution in [1.82, 2.24) is 9.47 Å². The van der Waals surface area contributed by atoms with Gasteiger partial charge in [-0.2, -0.15) is 0 Å². The summed E-state index contributed by atoms with van der Waals surface area (Å²) in [6.07, 6.45) is 0. The fraction of sp³-hybridized carbons (Fsp3) is 0.320. The third-order valence-electron chi connectivity index (χ3n) is 6.05. The molecule has 1 saturated heterocycles. The van der Waals surface area contributed by atoms with Crippen molar-refractivity contribution in [3.63, 3.8) is 0 Å². The predicted octanol–water partition coefficient (Wildman–Crippen LogP) is 4.56. The maximum atomic E-state index is 14.1. The van der Waals surface area contributed by atoms with Crippen molar-refractivity contribution in [2.45, 2.75) is 27.3 Å². The zero-order valence-corrected chi connectivity index (χ0v) is 17.9. The Balaban J connectivity index is 1.53. The van der Waals surface area contributed by atoms with Crippen LogP contribution in [-0.2, 0) is 6.54 Å². The molecule has 0 N–H and O–H groups in total. The minimum Gasteiger partial charge on any atom is -0.366 e. The van der Waals surface area contributed by atoms with Gasteiger partial charge >= 0.3 is 0 Å². The molecule has 1 amide bonds. The van der Waals surface area contributed by atoms with Crippen molar-refractivity contribution >= 4 is 11.6 Å². The number of halogens is 1. The van der Waals surface area contributed by atoms with E-state index >= 15 is 0 Å². The minimum atomic E-state index is -0.212. The normalized spacial score (nSPS) is 14.3. The number of amides is 1. The molecule has 1 aliphatic heterocycles. The van der Waals surface area contributed by atoms with E-state index in [0.29, 0.717) is 38.4 Å². The van der Waals surface area contributed by atoms with Gasteiger partial charge in [0, 0.05) is 38.4 Å². The smallest absolute Gasteiger partial charge is 0.270 e. The minimum absolute atomic E-state index is 0.0577. The number of anilines is 1. The van der Waals surface area contributed by atoms with Crippen LogP contribution in [0.4, 0.5) is 10.1 Å². The zero-order valence-electron chi connectivity index (χ0n) is 17.9. The van der Waals surface area contributed by atoms with Gasteiger partial charge in [-0.05, 0) is 55.7 Å². The van der Waals surface area contributed by atoms with Crippen molar-refractivity contribution in [2.24, 2.45) is 0 Å². The lowest BCUT2D eigenvalue weighted by molar-refractivity contribution is 0.0735. The Morgan fingerprint density at radius 3 is 2.27 bits per heavy atom. The van der Waals surface area contributed by atoms with E-state index in [2.05, 4.69) is 36.6 Å². The third kappa shape index (κ3) is 3.84. The Bertz CT molecular complexity index is 1060. The lowest BCUT2D eigenvalue weighted by Gasteiger charge is -2.36. The average molecular weight is 406 g/mol. The number of rotatable bonds is 4. The van der Waals surface area contributed by atoms with E-state index < -0.39 is 0 Å². The van der Waals surface area contributed by atoms with Gasteiger partial charge in [0.1, 0.15) is 11.5 Å². The molecule has 0 aliphatic carbocycles. The number of piperazine rings is 1. The van der Waals surface area contributed by atoms with E-state index in [0.717, 1.165) is 17.0 Å². The first-order valence-corrected chi connectivity index (χ1v) is 10.5. The van der Waals surface area contributed by atoms with Crippen LogP contribution in [-0.4, -0.2) is 41.6 Å².